The topological polar surface area (TPSA) is 87.3 Å². The predicted molar refractivity (Wildman–Crippen MR) is 102 cm³/mol. The van der Waals surface area contributed by atoms with Gasteiger partial charge in [-0.05, 0) is 61.7 Å². The molecular formula is C19H20ClN3O3. The van der Waals surface area contributed by atoms with Crippen LogP contribution in [0, 0.1) is 20.8 Å². The minimum absolute atomic E-state index is 0.329. The van der Waals surface area contributed by atoms with Gasteiger partial charge in [0.05, 0.1) is 6.54 Å². The van der Waals surface area contributed by atoms with E-state index in [1.54, 1.807) is 30.3 Å². The van der Waals surface area contributed by atoms with Gasteiger partial charge in [-0.2, -0.15) is 0 Å². The van der Waals surface area contributed by atoms with E-state index < -0.39 is 17.7 Å². The van der Waals surface area contributed by atoms with Crippen LogP contribution in [-0.4, -0.2) is 24.3 Å². The van der Waals surface area contributed by atoms with Crippen molar-refractivity contribution in [3.05, 3.63) is 58.1 Å². The Morgan fingerprint density at radius 1 is 0.846 bits per heavy atom. The van der Waals surface area contributed by atoms with Crippen LogP contribution < -0.4 is 16.0 Å². The third kappa shape index (κ3) is 5.60. The molecule has 7 heteroatoms. The molecule has 0 atom stereocenters. The highest BCUT2D eigenvalue weighted by Gasteiger charge is 2.15. The van der Waals surface area contributed by atoms with E-state index in [9.17, 15) is 14.4 Å². The molecule has 0 aliphatic rings. The molecule has 136 valence electrons. The predicted octanol–water partition coefficient (Wildman–Crippen LogP) is 2.96. The van der Waals surface area contributed by atoms with Crippen molar-refractivity contribution in [3.8, 4) is 0 Å². The molecule has 0 saturated heterocycles. The summed E-state index contributed by atoms with van der Waals surface area (Å²) in [4.78, 5) is 35.6. The van der Waals surface area contributed by atoms with Gasteiger partial charge >= 0.3 is 11.8 Å². The van der Waals surface area contributed by atoms with E-state index in [1.165, 1.54) is 0 Å². The standard InChI is InChI=1S/C19H20ClN3O3/c1-11-6-12(2)8-15(7-11)23-19(26)18(25)21-10-17(24)22-14-5-4-13(3)16(20)9-14/h4-9H,10H2,1-3H3,(H,21,25)(H,22,24)(H,23,26). The number of rotatable bonds is 4. The maximum atomic E-state index is 11.9. The zero-order valence-electron chi connectivity index (χ0n) is 14.8. The van der Waals surface area contributed by atoms with Gasteiger partial charge < -0.3 is 16.0 Å². The highest BCUT2D eigenvalue weighted by atomic mass is 35.5. The molecule has 0 fully saturated rings. The fourth-order valence-corrected chi connectivity index (χ4v) is 2.53. The molecule has 0 saturated carbocycles. The molecule has 0 heterocycles. The second-order valence-electron chi connectivity index (χ2n) is 6.03. The summed E-state index contributed by atoms with van der Waals surface area (Å²) in [6.07, 6.45) is 0. The van der Waals surface area contributed by atoms with E-state index in [0.29, 0.717) is 16.4 Å². The van der Waals surface area contributed by atoms with Gasteiger partial charge in [0.15, 0.2) is 0 Å². The molecule has 0 aliphatic heterocycles. The van der Waals surface area contributed by atoms with Gasteiger partial charge in [-0.15, -0.1) is 0 Å². The van der Waals surface area contributed by atoms with Crippen molar-refractivity contribution in [1.29, 1.82) is 0 Å². The average molecular weight is 374 g/mol. The molecule has 0 radical (unpaired) electrons. The molecule has 0 spiro atoms. The lowest BCUT2D eigenvalue weighted by molar-refractivity contribution is -0.136. The largest absolute Gasteiger partial charge is 0.339 e. The number of halogens is 1. The van der Waals surface area contributed by atoms with Gasteiger partial charge in [-0.25, -0.2) is 0 Å². The summed E-state index contributed by atoms with van der Waals surface area (Å²) in [5.74, 6) is -2.18. The van der Waals surface area contributed by atoms with Crippen LogP contribution >= 0.6 is 11.6 Å². The third-order valence-electron chi connectivity index (χ3n) is 3.55. The maximum Gasteiger partial charge on any atom is 0.313 e. The number of anilines is 2. The molecule has 2 aromatic rings. The minimum atomic E-state index is -0.888. The van der Waals surface area contributed by atoms with E-state index in [1.807, 2.05) is 26.8 Å². The van der Waals surface area contributed by atoms with Gasteiger partial charge in [-0.3, -0.25) is 14.4 Å². The molecule has 2 rings (SSSR count). The Hall–Kier alpha value is -2.86. The summed E-state index contributed by atoms with van der Waals surface area (Å²) in [7, 11) is 0. The summed E-state index contributed by atoms with van der Waals surface area (Å²) in [6, 6.07) is 10.6. The molecule has 0 unspecified atom stereocenters. The van der Waals surface area contributed by atoms with Crippen LogP contribution in [0.15, 0.2) is 36.4 Å². The smallest absolute Gasteiger partial charge is 0.313 e. The monoisotopic (exact) mass is 373 g/mol. The lowest BCUT2D eigenvalue weighted by Gasteiger charge is -2.09. The minimum Gasteiger partial charge on any atom is -0.339 e. The Kier molecular flexibility index (Phi) is 6.36. The first kappa shape index (κ1) is 19.5. The molecule has 0 bridgehead atoms. The number of hydrogen-bond donors (Lipinski definition) is 3. The van der Waals surface area contributed by atoms with Crippen LogP contribution in [0.4, 0.5) is 11.4 Å². The van der Waals surface area contributed by atoms with Gasteiger partial charge in [0.2, 0.25) is 5.91 Å². The number of nitrogens with one attached hydrogen (secondary N) is 3. The van der Waals surface area contributed by atoms with E-state index in [2.05, 4.69) is 16.0 Å². The van der Waals surface area contributed by atoms with Crippen molar-refractivity contribution in [2.24, 2.45) is 0 Å². The lowest BCUT2D eigenvalue weighted by atomic mass is 10.1. The zero-order valence-corrected chi connectivity index (χ0v) is 15.5. The highest BCUT2D eigenvalue weighted by Crippen LogP contribution is 2.19. The number of carbonyl (C=O) groups excluding carboxylic acids is 3. The Balaban J connectivity index is 1.85. The molecule has 0 aromatic heterocycles. The summed E-state index contributed by atoms with van der Waals surface area (Å²) in [6.45, 7) is 5.31. The van der Waals surface area contributed by atoms with Crippen LogP contribution in [0.2, 0.25) is 5.02 Å². The van der Waals surface area contributed by atoms with Crippen LogP contribution in [0.25, 0.3) is 0 Å². The van der Waals surface area contributed by atoms with Crippen LogP contribution in [0.1, 0.15) is 16.7 Å². The SMILES string of the molecule is Cc1cc(C)cc(NC(=O)C(=O)NCC(=O)Nc2ccc(C)c(Cl)c2)c1. The van der Waals surface area contributed by atoms with E-state index in [4.69, 9.17) is 11.6 Å². The van der Waals surface area contributed by atoms with E-state index in [0.717, 1.165) is 16.7 Å². The number of benzene rings is 2. The summed E-state index contributed by atoms with van der Waals surface area (Å²) in [5, 5.41) is 7.92. The fraction of sp³-hybridized carbons (Fsp3) is 0.211. The Morgan fingerprint density at radius 3 is 2.12 bits per heavy atom. The number of aryl methyl sites for hydroxylation is 3. The first-order valence-corrected chi connectivity index (χ1v) is 8.36. The van der Waals surface area contributed by atoms with Crippen molar-refractivity contribution in [2.45, 2.75) is 20.8 Å². The summed E-state index contributed by atoms with van der Waals surface area (Å²) >= 11 is 5.99. The average Bonchev–Trinajstić information content (AvgIpc) is 2.55. The van der Waals surface area contributed by atoms with Crippen LogP contribution in [0.5, 0.6) is 0 Å². The second kappa shape index (κ2) is 8.49. The first-order valence-electron chi connectivity index (χ1n) is 7.98. The van der Waals surface area contributed by atoms with Crippen molar-refractivity contribution in [1.82, 2.24) is 5.32 Å². The van der Waals surface area contributed by atoms with E-state index >= 15 is 0 Å². The second-order valence-corrected chi connectivity index (χ2v) is 6.43. The molecular weight excluding hydrogens is 354 g/mol. The Labute approximate surface area is 156 Å². The lowest BCUT2D eigenvalue weighted by Crippen LogP contribution is -2.39. The molecule has 0 aliphatic carbocycles. The first-order chi connectivity index (χ1) is 12.2. The fourth-order valence-electron chi connectivity index (χ4n) is 2.35. The van der Waals surface area contributed by atoms with Gasteiger partial charge in [0.25, 0.3) is 0 Å². The summed E-state index contributed by atoms with van der Waals surface area (Å²) < 4.78 is 0. The van der Waals surface area contributed by atoms with Crippen LogP contribution in [-0.2, 0) is 14.4 Å². The number of hydrogen-bond acceptors (Lipinski definition) is 3. The third-order valence-corrected chi connectivity index (χ3v) is 3.96. The van der Waals surface area contributed by atoms with Crippen molar-refractivity contribution in [2.75, 3.05) is 17.2 Å². The molecule has 6 nitrogen and oxygen atoms in total. The Morgan fingerprint density at radius 2 is 1.50 bits per heavy atom. The maximum absolute atomic E-state index is 11.9. The number of amides is 3. The molecule has 3 amide bonds. The highest BCUT2D eigenvalue weighted by molar-refractivity contribution is 6.40. The van der Waals surface area contributed by atoms with Gasteiger partial charge in [0.1, 0.15) is 0 Å². The van der Waals surface area contributed by atoms with Crippen molar-refractivity contribution in [3.63, 3.8) is 0 Å². The van der Waals surface area contributed by atoms with Gasteiger partial charge in [-0.1, -0.05) is 23.7 Å². The van der Waals surface area contributed by atoms with Gasteiger partial charge in [0, 0.05) is 16.4 Å². The quantitative estimate of drug-likeness (QED) is 0.720. The molecule has 2 aromatic carbocycles. The summed E-state index contributed by atoms with van der Waals surface area (Å²) in [5.41, 5.74) is 3.87. The normalized spacial score (nSPS) is 10.2. The van der Waals surface area contributed by atoms with Crippen molar-refractivity contribution < 1.29 is 14.4 Å². The Bertz CT molecular complexity index is 845. The van der Waals surface area contributed by atoms with E-state index in [-0.39, 0.29) is 6.54 Å². The number of carbonyl (C=O) groups is 3. The van der Waals surface area contributed by atoms with Crippen LogP contribution in [0.3, 0.4) is 0 Å². The van der Waals surface area contributed by atoms with Crippen molar-refractivity contribution >= 4 is 40.7 Å². The zero-order chi connectivity index (χ0) is 19.3. The molecule has 26 heavy (non-hydrogen) atoms. The molecule has 3 N–H and O–H groups in total.